The van der Waals surface area contributed by atoms with Gasteiger partial charge in [0.25, 0.3) is 0 Å². The number of aromatic nitrogens is 1. The number of fused-ring (bicyclic) bond motifs is 1. The number of amides is 1. The van der Waals surface area contributed by atoms with Gasteiger partial charge in [0.2, 0.25) is 5.56 Å². The van der Waals surface area contributed by atoms with E-state index in [-0.39, 0.29) is 18.3 Å². The summed E-state index contributed by atoms with van der Waals surface area (Å²) in [5, 5.41) is 0. The Morgan fingerprint density at radius 1 is 1.19 bits per heavy atom. The number of aromatic amines is 1. The maximum Gasteiger partial charge on any atom is 0.410 e. The van der Waals surface area contributed by atoms with Gasteiger partial charge in [0.1, 0.15) is 6.61 Å². The third kappa shape index (κ3) is 3.13. The number of nitrogens with one attached hydrogen (secondary N) is 1. The van der Waals surface area contributed by atoms with Crippen molar-refractivity contribution in [2.45, 2.75) is 19.6 Å². The molecule has 0 atom stereocenters. The van der Waals surface area contributed by atoms with E-state index in [1.54, 1.807) is 11.0 Å². The third-order valence-electron chi connectivity index (χ3n) is 3.55. The fourth-order valence-electron chi connectivity index (χ4n) is 2.42. The van der Waals surface area contributed by atoms with Gasteiger partial charge in [-0.05, 0) is 11.1 Å². The van der Waals surface area contributed by atoms with Crippen molar-refractivity contribution in [3.63, 3.8) is 0 Å². The van der Waals surface area contributed by atoms with E-state index in [0.29, 0.717) is 19.5 Å². The highest BCUT2D eigenvalue weighted by Crippen LogP contribution is 2.16. The van der Waals surface area contributed by atoms with Gasteiger partial charge >= 0.3 is 6.09 Å². The number of benzene rings is 1. The molecule has 1 N–H and O–H groups in total. The summed E-state index contributed by atoms with van der Waals surface area (Å²) in [7, 11) is 0. The van der Waals surface area contributed by atoms with Gasteiger partial charge in [-0.25, -0.2) is 4.79 Å². The summed E-state index contributed by atoms with van der Waals surface area (Å²) >= 11 is 0. The van der Waals surface area contributed by atoms with Crippen LogP contribution in [0.1, 0.15) is 16.8 Å². The molecule has 108 valence electrons. The van der Waals surface area contributed by atoms with Crippen LogP contribution in [0.25, 0.3) is 0 Å². The number of hydrogen-bond donors (Lipinski definition) is 1. The van der Waals surface area contributed by atoms with Crippen molar-refractivity contribution < 1.29 is 9.53 Å². The first-order valence-corrected chi connectivity index (χ1v) is 6.89. The Bertz CT molecular complexity index is 694. The lowest BCUT2D eigenvalue weighted by atomic mass is 10.1. The van der Waals surface area contributed by atoms with E-state index >= 15 is 0 Å². The van der Waals surface area contributed by atoms with Gasteiger partial charge in [0, 0.05) is 24.7 Å². The highest BCUT2D eigenvalue weighted by molar-refractivity contribution is 5.68. The van der Waals surface area contributed by atoms with E-state index < -0.39 is 0 Å². The number of carbonyl (C=O) groups is 1. The molecule has 3 rings (SSSR count). The van der Waals surface area contributed by atoms with Gasteiger partial charge in [-0.1, -0.05) is 36.4 Å². The van der Waals surface area contributed by atoms with Crippen molar-refractivity contribution in [2.24, 2.45) is 0 Å². The molecule has 0 unspecified atom stereocenters. The van der Waals surface area contributed by atoms with Gasteiger partial charge in [-0.2, -0.15) is 0 Å². The molecule has 1 aromatic heterocycles. The molecule has 0 saturated carbocycles. The number of carbonyl (C=O) groups excluding carboxylic acids is 1. The van der Waals surface area contributed by atoms with Crippen LogP contribution >= 0.6 is 0 Å². The standard InChI is InChI=1S/C16H16N2O3/c19-15-7-6-13-10-18(9-8-14(13)17-15)16(20)21-11-12-4-2-1-3-5-12/h1-7H,8-11H2,(H,17,19). The number of H-pyrrole nitrogens is 1. The van der Waals surface area contributed by atoms with Crippen LogP contribution in [-0.4, -0.2) is 22.5 Å². The lowest BCUT2D eigenvalue weighted by molar-refractivity contribution is 0.0916. The number of pyridine rings is 1. The molecule has 2 heterocycles. The Morgan fingerprint density at radius 2 is 2.00 bits per heavy atom. The molecule has 0 spiro atoms. The quantitative estimate of drug-likeness (QED) is 0.918. The second kappa shape index (κ2) is 5.83. The van der Waals surface area contributed by atoms with Crippen molar-refractivity contribution in [1.82, 2.24) is 9.88 Å². The van der Waals surface area contributed by atoms with Crippen LogP contribution in [0.15, 0.2) is 47.3 Å². The summed E-state index contributed by atoms with van der Waals surface area (Å²) in [5.74, 6) is 0. The van der Waals surface area contributed by atoms with Gasteiger partial charge < -0.3 is 14.6 Å². The number of nitrogens with zero attached hydrogens (tertiary/aromatic N) is 1. The first-order valence-electron chi connectivity index (χ1n) is 6.89. The highest BCUT2D eigenvalue weighted by Gasteiger charge is 2.22. The van der Waals surface area contributed by atoms with Crippen LogP contribution in [0, 0.1) is 0 Å². The molecule has 5 nitrogen and oxygen atoms in total. The maximum atomic E-state index is 12.1. The zero-order chi connectivity index (χ0) is 14.7. The smallest absolute Gasteiger partial charge is 0.410 e. The average Bonchev–Trinajstić information content (AvgIpc) is 2.53. The van der Waals surface area contributed by atoms with Crippen LogP contribution in [-0.2, 0) is 24.3 Å². The zero-order valence-corrected chi connectivity index (χ0v) is 11.5. The van der Waals surface area contributed by atoms with E-state index in [9.17, 15) is 9.59 Å². The van der Waals surface area contributed by atoms with Crippen LogP contribution < -0.4 is 5.56 Å². The van der Waals surface area contributed by atoms with E-state index in [4.69, 9.17) is 4.74 Å². The molecule has 21 heavy (non-hydrogen) atoms. The summed E-state index contributed by atoms with van der Waals surface area (Å²) in [6, 6.07) is 12.8. The number of rotatable bonds is 2. The molecule has 0 saturated heterocycles. The third-order valence-corrected chi connectivity index (χ3v) is 3.55. The van der Waals surface area contributed by atoms with Crippen molar-refractivity contribution >= 4 is 6.09 Å². The lowest BCUT2D eigenvalue weighted by Crippen LogP contribution is -2.37. The molecule has 1 aliphatic heterocycles. The minimum atomic E-state index is -0.323. The number of hydrogen-bond acceptors (Lipinski definition) is 3. The van der Waals surface area contributed by atoms with E-state index in [1.165, 1.54) is 6.07 Å². The Balaban J connectivity index is 1.62. The van der Waals surface area contributed by atoms with E-state index in [0.717, 1.165) is 16.8 Å². The Hall–Kier alpha value is -2.56. The van der Waals surface area contributed by atoms with E-state index in [1.807, 2.05) is 30.3 Å². The minimum Gasteiger partial charge on any atom is -0.445 e. The summed E-state index contributed by atoms with van der Waals surface area (Å²) in [4.78, 5) is 27.8. The predicted octanol–water partition coefficient (Wildman–Crippen LogP) is 2.07. The largest absolute Gasteiger partial charge is 0.445 e. The topological polar surface area (TPSA) is 62.4 Å². The average molecular weight is 284 g/mol. The fourth-order valence-corrected chi connectivity index (χ4v) is 2.42. The summed E-state index contributed by atoms with van der Waals surface area (Å²) in [5.41, 5.74) is 2.74. The Kier molecular flexibility index (Phi) is 3.73. The molecule has 1 aliphatic rings. The van der Waals surface area contributed by atoms with E-state index in [2.05, 4.69) is 4.98 Å². The predicted molar refractivity (Wildman–Crippen MR) is 77.8 cm³/mol. The monoisotopic (exact) mass is 284 g/mol. The van der Waals surface area contributed by atoms with Crippen molar-refractivity contribution in [3.8, 4) is 0 Å². The molecule has 0 radical (unpaired) electrons. The molecule has 5 heteroatoms. The Morgan fingerprint density at radius 3 is 2.81 bits per heavy atom. The first kappa shape index (κ1) is 13.4. The maximum absolute atomic E-state index is 12.1. The molecule has 0 fully saturated rings. The summed E-state index contributed by atoms with van der Waals surface area (Å²) in [6.07, 6.45) is 0.321. The highest BCUT2D eigenvalue weighted by atomic mass is 16.6. The van der Waals surface area contributed by atoms with Gasteiger partial charge in [-0.15, -0.1) is 0 Å². The zero-order valence-electron chi connectivity index (χ0n) is 11.5. The van der Waals surface area contributed by atoms with Crippen molar-refractivity contribution in [3.05, 3.63) is 69.6 Å². The van der Waals surface area contributed by atoms with Gasteiger partial charge in [-0.3, -0.25) is 4.79 Å². The van der Waals surface area contributed by atoms with Gasteiger partial charge in [0.15, 0.2) is 0 Å². The second-order valence-electron chi connectivity index (χ2n) is 5.04. The molecule has 0 aliphatic carbocycles. The molecule has 1 amide bonds. The normalized spacial score (nSPS) is 13.6. The second-order valence-corrected chi connectivity index (χ2v) is 5.04. The van der Waals surface area contributed by atoms with Crippen LogP contribution in [0.3, 0.4) is 0 Å². The molecule has 0 bridgehead atoms. The van der Waals surface area contributed by atoms with Crippen molar-refractivity contribution in [1.29, 1.82) is 0 Å². The number of ether oxygens (including phenoxy) is 1. The molecule has 2 aromatic rings. The van der Waals surface area contributed by atoms with Crippen LogP contribution in [0.5, 0.6) is 0 Å². The first-order chi connectivity index (χ1) is 10.2. The SMILES string of the molecule is O=C(OCc1ccccc1)N1CCc2[nH]c(=O)ccc2C1. The summed E-state index contributed by atoms with van der Waals surface area (Å²) in [6.45, 7) is 1.30. The Labute approximate surface area is 122 Å². The molecule has 1 aromatic carbocycles. The molecular formula is C16H16N2O3. The van der Waals surface area contributed by atoms with Gasteiger partial charge in [0.05, 0.1) is 6.54 Å². The van der Waals surface area contributed by atoms with Crippen LogP contribution in [0.4, 0.5) is 4.79 Å². The fraction of sp³-hybridized carbons (Fsp3) is 0.250. The van der Waals surface area contributed by atoms with Crippen molar-refractivity contribution in [2.75, 3.05) is 6.54 Å². The minimum absolute atomic E-state index is 0.103. The molecular weight excluding hydrogens is 268 g/mol. The summed E-state index contributed by atoms with van der Waals surface area (Å²) < 4.78 is 5.32. The lowest BCUT2D eigenvalue weighted by Gasteiger charge is -2.27. The van der Waals surface area contributed by atoms with Crippen LogP contribution in [0.2, 0.25) is 0 Å².